The zero-order valence-corrected chi connectivity index (χ0v) is 15.1. The van der Waals surface area contributed by atoms with Crippen molar-refractivity contribution in [2.75, 3.05) is 13.7 Å². The summed E-state index contributed by atoms with van der Waals surface area (Å²) in [5, 5.41) is 4.17. The van der Waals surface area contributed by atoms with Gasteiger partial charge in [-0.05, 0) is 38.4 Å². The van der Waals surface area contributed by atoms with E-state index in [9.17, 15) is 9.59 Å². The van der Waals surface area contributed by atoms with Gasteiger partial charge in [-0.25, -0.2) is 9.59 Å². The number of benzene rings is 1. The lowest BCUT2D eigenvalue weighted by molar-refractivity contribution is -0.136. The Balaban J connectivity index is 2.57. The summed E-state index contributed by atoms with van der Waals surface area (Å²) in [5.41, 5.74) is 9.29. The third-order valence-corrected chi connectivity index (χ3v) is 3.41. The minimum atomic E-state index is -0.642. The van der Waals surface area contributed by atoms with Crippen LogP contribution in [0.4, 0.5) is 4.79 Å². The molecule has 1 heterocycles. The van der Waals surface area contributed by atoms with Crippen LogP contribution in [0.25, 0.3) is 27.4 Å². The molecule has 0 N–H and O–H groups in total. The molecule has 0 saturated heterocycles. The standard InChI is InChI=1S/C18H20N4O4/c1-18(2,3)26-17(24)22-11-13(14-7-5-6-8-15(14)22)9-12(10-20-21-19)16(23)25-4/h5-9,11H,10H2,1-4H3/b12-9+. The molecule has 8 nitrogen and oxygen atoms in total. The van der Waals surface area contributed by atoms with Crippen molar-refractivity contribution in [1.29, 1.82) is 0 Å². The predicted octanol–water partition coefficient (Wildman–Crippen LogP) is 4.29. The Morgan fingerprint density at radius 2 is 2.00 bits per heavy atom. The Morgan fingerprint density at radius 1 is 1.31 bits per heavy atom. The molecule has 0 spiro atoms. The lowest BCUT2D eigenvalue weighted by atomic mass is 10.1. The molecule has 0 bridgehead atoms. The van der Waals surface area contributed by atoms with E-state index >= 15 is 0 Å². The SMILES string of the molecule is COC(=O)/C(=C/c1cn(C(=O)OC(C)(C)C)c2ccccc12)CN=[N+]=[N-]. The van der Waals surface area contributed by atoms with Crippen LogP contribution in [-0.4, -0.2) is 35.9 Å². The van der Waals surface area contributed by atoms with Crippen molar-refractivity contribution in [2.24, 2.45) is 5.11 Å². The Morgan fingerprint density at radius 3 is 2.62 bits per heavy atom. The summed E-state index contributed by atoms with van der Waals surface area (Å²) in [6, 6.07) is 7.23. The van der Waals surface area contributed by atoms with Gasteiger partial charge in [-0.3, -0.25) is 4.57 Å². The largest absolute Gasteiger partial charge is 0.466 e. The molecule has 0 amide bonds. The summed E-state index contributed by atoms with van der Waals surface area (Å²) < 4.78 is 11.5. The van der Waals surface area contributed by atoms with E-state index in [0.717, 1.165) is 5.39 Å². The summed E-state index contributed by atoms with van der Waals surface area (Å²) in [6.45, 7) is 5.20. The number of nitrogens with zero attached hydrogens (tertiary/aromatic N) is 4. The highest BCUT2D eigenvalue weighted by molar-refractivity contribution is 6.00. The van der Waals surface area contributed by atoms with E-state index in [0.29, 0.717) is 11.1 Å². The monoisotopic (exact) mass is 356 g/mol. The second-order valence-electron chi connectivity index (χ2n) is 6.50. The van der Waals surface area contributed by atoms with Crippen molar-refractivity contribution in [3.63, 3.8) is 0 Å². The van der Waals surface area contributed by atoms with E-state index in [1.807, 2.05) is 12.1 Å². The third-order valence-electron chi connectivity index (χ3n) is 3.41. The van der Waals surface area contributed by atoms with Crippen molar-refractivity contribution in [2.45, 2.75) is 26.4 Å². The molecule has 0 radical (unpaired) electrons. The molecular formula is C18H20N4O4. The minimum Gasteiger partial charge on any atom is -0.466 e. The number of carbonyl (C=O) groups is 2. The van der Waals surface area contributed by atoms with Gasteiger partial charge < -0.3 is 9.47 Å². The van der Waals surface area contributed by atoms with Crippen LogP contribution in [0.5, 0.6) is 0 Å². The maximum atomic E-state index is 12.5. The van der Waals surface area contributed by atoms with Gasteiger partial charge in [0, 0.05) is 27.6 Å². The van der Waals surface area contributed by atoms with Crippen LogP contribution < -0.4 is 0 Å². The van der Waals surface area contributed by atoms with Crippen LogP contribution in [0.2, 0.25) is 0 Å². The normalized spacial score (nSPS) is 11.8. The lowest BCUT2D eigenvalue weighted by Crippen LogP contribution is -2.26. The Hall–Kier alpha value is -3.25. The predicted molar refractivity (Wildman–Crippen MR) is 97.6 cm³/mol. The quantitative estimate of drug-likeness (QED) is 0.268. The fraction of sp³-hybridized carbons (Fsp3) is 0.333. The van der Waals surface area contributed by atoms with Gasteiger partial charge in [-0.15, -0.1) is 0 Å². The summed E-state index contributed by atoms with van der Waals surface area (Å²) in [7, 11) is 1.25. The Bertz CT molecular complexity index is 915. The van der Waals surface area contributed by atoms with E-state index in [-0.39, 0.29) is 12.1 Å². The van der Waals surface area contributed by atoms with Crippen molar-refractivity contribution in [3.05, 3.63) is 52.0 Å². The maximum Gasteiger partial charge on any atom is 0.419 e. The number of hydrogen-bond donors (Lipinski definition) is 0. The third kappa shape index (κ3) is 4.43. The highest BCUT2D eigenvalue weighted by Crippen LogP contribution is 2.25. The molecule has 2 rings (SSSR count). The number of rotatable bonds is 4. The van der Waals surface area contributed by atoms with Gasteiger partial charge in [0.05, 0.1) is 19.2 Å². The van der Waals surface area contributed by atoms with Crippen LogP contribution in [0.15, 0.2) is 41.1 Å². The highest BCUT2D eigenvalue weighted by atomic mass is 16.6. The number of para-hydroxylation sites is 1. The van der Waals surface area contributed by atoms with Gasteiger partial charge in [-0.1, -0.05) is 23.3 Å². The molecule has 0 atom stereocenters. The second-order valence-corrected chi connectivity index (χ2v) is 6.50. The Labute approximate surface area is 150 Å². The zero-order valence-electron chi connectivity index (χ0n) is 15.1. The summed E-state index contributed by atoms with van der Waals surface area (Å²) in [4.78, 5) is 27.1. The molecule has 2 aromatic rings. The zero-order chi connectivity index (χ0) is 19.3. The molecule has 0 aliphatic rings. The fourth-order valence-electron chi connectivity index (χ4n) is 2.38. The molecule has 0 unspecified atom stereocenters. The molecular weight excluding hydrogens is 336 g/mol. The van der Waals surface area contributed by atoms with E-state index < -0.39 is 17.7 Å². The molecule has 8 heteroatoms. The van der Waals surface area contributed by atoms with Gasteiger partial charge >= 0.3 is 12.1 Å². The van der Waals surface area contributed by atoms with E-state index in [1.54, 1.807) is 45.2 Å². The molecule has 0 aliphatic carbocycles. The fourth-order valence-corrected chi connectivity index (χ4v) is 2.38. The molecule has 26 heavy (non-hydrogen) atoms. The first kappa shape index (κ1) is 19.1. The molecule has 0 fully saturated rings. The van der Waals surface area contributed by atoms with Crippen molar-refractivity contribution >= 4 is 29.0 Å². The van der Waals surface area contributed by atoms with Crippen molar-refractivity contribution in [3.8, 4) is 0 Å². The van der Waals surface area contributed by atoms with Crippen LogP contribution in [-0.2, 0) is 14.3 Å². The number of carbonyl (C=O) groups excluding carboxylic acids is 2. The number of azide groups is 1. The maximum absolute atomic E-state index is 12.5. The summed E-state index contributed by atoms with van der Waals surface area (Å²) in [6.07, 6.45) is 2.60. The molecule has 1 aromatic heterocycles. The van der Waals surface area contributed by atoms with Gasteiger partial charge in [-0.2, -0.15) is 0 Å². The number of methoxy groups -OCH3 is 1. The highest BCUT2D eigenvalue weighted by Gasteiger charge is 2.20. The smallest absolute Gasteiger partial charge is 0.419 e. The summed E-state index contributed by atoms with van der Waals surface area (Å²) >= 11 is 0. The van der Waals surface area contributed by atoms with E-state index in [4.69, 9.17) is 15.0 Å². The van der Waals surface area contributed by atoms with E-state index in [1.165, 1.54) is 11.7 Å². The van der Waals surface area contributed by atoms with Gasteiger partial charge in [0.2, 0.25) is 0 Å². The number of fused-ring (bicyclic) bond motifs is 1. The second kappa shape index (κ2) is 7.76. The first-order valence-corrected chi connectivity index (χ1v) is 7.90. The van der Waals surface area contributed by atoms with Gasteiger partial charge in [0.15, 0.2) is 0 Å². The molecule has 0 aliphatic heterocycles. The average molecular weight is 356 g/mol. The number of esters is 1. The number of ether oxygens (including phenoxy) is 2. The minimum absolute atomic E-state index is 0.158. The summed E-state index contributed by atoms with van der Waals surface area (Å²) in [5.74, 6) is -0.605. The van der Waals surface area contributed by atoms with Crippen LogP contribution >= 0.6 is 0 Å². The first-order valence-electron chi connectivity index (χ1n) is 7.90. The number of hydrogen-bond acceptors (Lipinski definition) is 5. The topological polar surface area (TPSA) is 106 Å². The van der Waals surface area contributed by atoms with Crippen molar-refractivity contribution in [1.82, 2.24) is 4.57 Å². The van der Waals surface area contributed by atoms with Gasteiger partial charge in [0.25, 0.3) is 0 Å². The van der Waals surface area contributed by atoms with Crippen molar-refractivity contribution < 1.29 is 19.1 Å². The van der Waals surface area contributed by atoms with Crippen LogP contribution in [0, 0.1) is 0 Å². The lowest BCUT2D eigenvalue weighted by Gasteiger charge is -2.19. The van der Waals surface area contributed by atoms with Crippen LogP contribution in [0.1, 0.15) is 26.3 Å². The number of aromatic nitrogens is 1. The first-order chi connectivity index (χ1) is 12.3. The molecule has 0 saturated carbocycles. The average Bonchev–Trinajstić information content (AvgIpc) is 2.95. The Kier molecular flexibility index (Phi) is 5.69. The van der Waals surface area contributed by atoms with E-state index in [2.05, 4.69) is 10.0 Å². The van der Waals surface area contributed by atoms with Gasteiger partial charge in [0.1, 0.15) is 5.60 Å². The molecule has 1 aromatic carbocycles. The van der Waals surface area contributed by atoms with Crippen LogP contribution in [0.3, 0.4) is 0 Å². The molecule has 136 valence electrons.